The molecule has 4 rings (SSSR count). The molecule has 4 saturated carbocycles. The van der Waals surface area contributed by atoms with Crippen LogP contribution in [0.15, 0.2) is 12.2 Å². The number of fused-ring (bicyclic) bond motifs is 1. The average molecular weight is 232 g/mol. The summed E-state index contributed by atoms with van der Waals surface area (Å²) >= 11 is 0. The molecule has 0 unspecified atom stereocenters. The summed E-state index contributed by atoms with van der Waals surface area (Å²) in [5, 5.41) is 0. The van der Waals surface area contributed by atoms with Crippen LogP contribution in [0.1, 0.15) is 40.0 Å². The van der Waals surface area contributed by atoms with Crippen LogP contribution < -0.4 is 0 Å². The number of allylic oxidation sites excluding steroid dienone is 1. The minimum absolute atomic E-state index is 0.0546. The molecule has 2 heteroatoms. The molecule has 0 saturated heterocycles. The van der Waals surface area contributed by atoms with Gasteiger partial charge in [-0.05, 0) is 31.6 Å². The Balaban J connectivity index is 2.11. The van der Waals surface area contributed by atoms with Crippen molar-refractivity contribution in [2.45, 2.75) is 40.0 Å². The van der Waals surface area contributed by atoms with Gasteiger partial charge in [0.15, 0.2) is 0 Å². The van der Waals surface area contributed by atoms with Gasteiger partial charge in [0.25, 0.3) is 0 Å². The van der Waals surface area contributed by atoms with Gasteiger partial charge in [-0.25, -0.2) is 0 Å². The second-order valence-corrected chi connectivity index (χ2v) is 6.85. The van der Waals surface area contributed by atoms with Gasteiger partial charge in [0.1, 0.15) is 11.6 Å². The summed E-state index contributed by atoms with van der Waals surface area (Å²) in [6.45, 7) is 10.2. The summed E-state index contributed by atoms with van der Waals surface area (Å²) in [6.07, 6.45) is 2.24. The van der Waals surface area contributed by atoms with Crippen molar-refractivity contribution in [2.75, 3.05) is 0 Å². The van der Waals surface area contributed by atoms with Gasteiger partial charge in [-0.1, -0.05) is 26.0 Å². The van der Waals surface area contributed by atoms with E-state index in [1.54, 1.807) is 0 Å². The quantitative estimate of drug-likeness (QED) is 0.651. The van der Waals surface area contributed by atoms with E-state index in [-0.39, 0.29) is 22.7 Å². The van der Waals surface area contributed by atoms with E-state index < -0.39 is 0 Å². The highest BCUT2D eigenvalue weighted by Crippen LogP contribution is 2.67. The molecule has 0 heterocycles. The van der Waals surface area contributed by atoms with Crippen molar-refractivity contribution in [3.63, 3.8) is 0 Å². The minimum Gasteiger partial charge on any atom is -0.299 e. The first-order valence-electron chi connectivity index (χ1n) is 6.54. The first-order valence-corrected chi connectivity index (χ1v) is 6.54. The zero-order chi connectivity index (χ0) is 12.6. The van der Waals surface area contributed by atoms with E-state index in [0.29, 0.717) is 23.9 Å². The van der Waals surface area contributed by atoms with Gasteiger partial charge in [-0.3, -0.25) is 9.59 Å². The Bertz CT molecular complexity index is 450. The molecule has 2 nitrogen and oxygen atoms in total. The SMILES string of the molecule is C=C(C)[C@H]1C[C@H]2[C@@]3(C)C[C@@H]1C(=O)[C@]2(C)CC3=O. The van der Waals surface area contributed by atoms with Crippen LogP contribution in [0, 0.1) is 28.6 Å². The number of carbonyl (C=O) groups excluding carboxylic acids is 2. The van der Waals surface area contributed by atoms with Crippen LogP contribution >= 0.6 is 0 Å². The Morgan fingerprint density at radius 2 is 1.94 bits per heavy atom. The molecule has 4 bridgehead atoms. The zero-order valence-electron chi connectivity index (χ0n) is 10.9. The standard InChI is InChI=1S/C15H20O2/c1-8(2)9-5-11-14(3)6-10(9)13(17)15(11,4)7-12(14)16/h9-11H,1,5-7H2,2-4H3/t9-,10+,11+,14-,15-/m1/s1. The van der Waals surface area contributed by atoms with Crippen LogP contribution in [0.4, 0.5) is 0 Å². The topological polar surface area (TPSA) is 34.1 Å². The predicted octanol–water partition coefficient (Wildman–Crippen LogP) is 2.77. The average Bonchev–Trinajstić information content (AvgIpc) is 2.40. The Labute approximate surface area is 102 Å². The Hall–Kier alpha value is -0.920. The van der Waals surface area contributed by atoms with E-state index in [1.807, 2.05) is 13.8 Å². The van der Waals surface area contributed by atoms with Gasteiger partial charge in [-0.2, -0.15) is 0 Å². The molecule has 4 aliphatic rings. The molecule has 4 fully saturated rings. The van der Waals surface area contributed by atoms with E-state index in [1.165, 1.54) is 0 Å². The Kier molecular flexibility index (Phi) is 1.91. The summed E-state index contributed by atoms with van der Waals surface area (Å²) in [7, 11) is 0. The van der Waals surface area contributed by atoms with Gasteiger partial charge < -0.3 is 0 Å². The fourth-order valence-corrected chi connectivity index (χ4v) is 4.85. The normalized spacial score (nSPS) is 52.1. The van der Waals surface area contributed by atoms with Crippen molar-refractivity contribution in [1.82, 2.24) is 0 Å². The molecule has 0 N–H and O–H groups in total. The second-order valence-electron chi connectivity index (χ2n) is 6.85. The van der Waals surface area contributed by atoms with Gasteiger partial charge in [0.2, 0.25) is 0 Å². The van der Waals surface area contributed by atoms with Crippen molar-refractivity contribution in [3.05, 3.63) is 12.2 Å². The molecule has 0 amide bonds. The summed E-state index contributed by atoms with van der Waals surface area (Å²) in [5.41, 5.74) is 0.534. The van der Waals surface area contributed by atoms with E-state index >= 15 is 0 Å². The fourth-order valence-electron chi connectivity index (χ4n) is 4.85. The number of hydrogen-bond donors (Lipinski definition) is 0. The smallest absolute Gasteiger partial charge is 0.143 e. The summed E-state index contributed by atoms with van der Waals surface area (Å²) in [5.74, 6) is 1.28. The number of ketones is 2. The molecular weight excluding hydrogens is 212 g/mol. The van der Waals surface area contributed by atoms with E-state index in [0.717, 1.165) is 18.4 Å². The Morgan fingerprint density at radius 1 is 1.29 bits per heavy atom. The maximum atomic E-state index is 12.6. The second kappa shape index (κ2) is 2.90. The number of rotatable bonds is 1. The van der Waals surface area contributed by atoms with Crippen molar-refractivity contribution in [1.29, 1.82) is 0 Å². The molecular formula is C15H20O2. The molecule has 4 aliphatic carbocycles. The minimum atomic E-state index is -0.360. The van der Waals surface area contributed by atoms with Crippen molar-refractivity contribution < 1.29 is 9.59 Å². The molecule has 92 valence electrons. The highest BCUT2D eigenvalue weighted by Gasteiger charge is 2.70. The maximum Gasteiger partial charge on any atom is 0.143 e. The highest BCUT2D eigenvalue weighted by atomic mass is 16.1. The molecule has 0 spiro atoms. The van der Waals surface area contributed by atoms with Crippen molar-refractivity contribution in [3.8, 4) is 0 Å². The third kappa shape index (κ3) is 1.07. The first-order chi connectivity index (χ1) is 7.80. The largest absolute Gasteiger partial charge is 0.299 e. The highest BCUT2D eigenvalue weighted by molar-refractivity contribution is 6.02. The van der Waals surface area contributed by atoms with Crippen LogP contribution in [-0.2, 0) is 9.59 Å². The number of Topliss-reactive ketones (excluding diaryl/α,β-unsaturated/α-hetero) is 2. The van der Waals surface area contributed by atoms with Crippen LogP contribution in [-0.4, -0.2) is 11.6 Å². The predicted molar refractivity (Wildman–Crippen MR) is 65.4 cm³/mol. The molecule has 0 aromatic rings. The van der Waals surface area contributed by atoms with E-state index in [2.05, 4.69) is 13.5 Å². The fraction of sp³-hybridized carbons (Fsp3) is 0.733. The van der Waals surface area contributed by atoms with E-state index in [9.17, 15) is 9.59 Å². The van der Waals surface area contributed by atoms with Gasteiger partial charge >= 0.3 is 0 Å². The molecule has 5 atom stereocenters. The van der Waals surface area contributed by atoms with Gasteiger partial charge in [-0.15, -0.1) is 0 Å². The Morgan fingerprint density at radius 3 is 2.53 bits per heavy atom. The van der Waals surface area contributed by atoms with Crippen LogP contribution in [0.5, 0.6) is 0 Å². The third-order valence-corrected chi connectivity index (χ3v) is 5.85. The van der Waals surface area contributed by atoms with Gasteiger partial charge in [0, 0.05) is 23.2 Å². The first kappa shape index (κ1) is 11.2. The monoisotopic (exact) mass is 232 g/mol. The zero-order valence-corrected chi connectivity index (χ0v) is 10.9. The van der Waals surface area contributed by atoms with Crippen molar-refractivity contribution in [2.24, 2.45) is 28.6 Å². The van der Waals surface area contributed by atoms with Crippen LogP contribution in [0.3, 0.4) is 0 Å². The molecule has 0 aromatic carbocycles. The van der Waals surface area contributed by atoms with E-state index in [4.69, 9.17) is 0 Å². The maximum absolute atomic E-state index is 12.6. The molecule has 0 aromatic heterocycles. The lowest BCUT2D eigenvalue weighted by atomic mass is 9.47. The van der Waals surface area contributed by atoms with Crippen molar-refractivity contribution >= 4 is 11.6 Å². The lowest BCUT2D eigenvalue weighted by molar-refractivity contribution is -0.154. The molecule has 0 radical (unpaired) electrons. The summed E-state index contributed by atoms with van der Waals surface area (Å²) < 4.78 is 0. The lowest BCUT2D eigenvalue weighted by Gasteiger charge is -2.54. The number of hydrogen-bond acceptors (Lipinski definition) is 2. The molecule has 17 heavy (non-hydrogen) atoms. The summed E-state index contributed by atoms with van der Waals surface area (Å²) in [6, 6.07) is 0. The number of carbonyl (C=O) groups is 2. The molecule has 0 aliphatic heterocycles. The van der Waals surface area contributed by atoms with Gasteiger partial charge in [0.05, 0.1) is 0 Å². The van der Waals surface area contributed by atoms with Crippen LogP contribution in [0.2, 0.25) is 0 Å². The summed E-state index contributed by atoms with van der Waals surface area (Å²) in [4.78, 5) is 24.8. The van der Waals surface area contributed by atoms with Crippen LogP contribution in [0.25, 0.3) is 0 Å². The third-order valence-electron chi connectivity index (χ3n) is 5.85. The lowest BCUT2D eigenvalue weighted by Crippen LogP contribution is -2.56.